The van der Waals surface area contributed by atoms with Crippen LogP contribution in [0.2, 0.25) is 5.02 Å². The number of halogens is 1. The summed E-state index contributed by atoms with van der Waals surface area (Å²) >= 11 is 6.05. The van der Waals surface area contributed by atoms with Gasteiger partial charge < -0.3 is 54.5 Å². The standard InChI is InChI=1S/C42H46ClN3O10/c1-52-38-17-26(35-20-37(56-46-35)27-15-28(21-47)33(24-50)29(16-27)22-48)18-39(53-2)40(38)55-13-7-5-3-4-6-12-54-36-11-8-25(14-30(36)23-49)41-44-34-10-9-31(43)19-32(34)42(51)45-41/h8-11,14-20,41,44,47-50H,3-7,12-13,21-24H2,1-2H3,(H,45,51). The molecule has 4 aromatic carbocycles. The molecular formula is C42H46ClN3O10. The number of carbonyl (C=O) groups excluding carboxylic acids is 1. The second-order valence-corrected chi connectivity index (χ2v) is 13.7. The van der Waals surface area contributed by atoms with Crippen LogP contribution in [0, 0.1) is 0 Å². The molecule has 6 rings (SSSR count). The molecule has 0 bridgehead atoms. The maximum Gasteiger partial charge on any atom is 0.255 e. The van der Waals surface area contributed by atoms with Crippen molar-refractivity contribution in [2.24, 2.45) is 0 Å². The van der Waals surface area contributed by atoms with E-state index in [0.29, 0.717) is 97.3 Å². The van der Waals surface area contributed by atoms with Crippen molar-refractivity contribution in [3.8, 4) is 45.6 Å². The van der Waals surface area contributed by atoms with E-state index in [1.54, 1.807) is 62.8 Å². The zero-order valence-corrected chi connectivity index (χ0v) is 32.0. The highest BCUT2D eigenvalue weighted by Crippen LogP contribution is 2.42. The number of methoxy groups -OCH3 is 2. The van der Waals surface area contributed by atoms with Crippen molar-refractivity contribution in [2.45, 2.75) is 64.7 Å². The number of ether oxygens (including phenoxy) is 4. The number of unbranched alkanes of at least 4 members (excludes halogenated alkanes) is 4. The van der Waals surface area contributed by atoms with Crippen LogP contribution < -0.4 is 29.6 Å². The van der Waals surface area contributed by atoms with Gasteiger partial charge in [0.15, 0.2) is 17.3 Å². The Morgan fingerprint density at radius 1 is 0.696 bits per heavy atom. The SMILES string of the molecule is COc1cc(-c2cc(-c3cc(CO)c(CO)c(CO)c3)on2)cc(OC)c1OCCCCCCCOc1ccc(C2NC(=O)c3cc(Cl)ccc3N2)cc1CO. The van der Waals surface area contributed by atoms with Crippen molar-refractivity contribution in [1.29, 1.82) is 0 Å². The van der Waals surface area contributed by atoms with E-state index in [9.17, 15) is 25.2 Å². The number of hydrogen-bond donors (Lipinski definition) is 6. The monoisotopic (exact) mass is 787 g/mol. The van der Waals surface area contributed by atoms with E-state index in [4.69, 9.17) is 35.1 Å². The van der Waals surface area contributed by atoms with Gasteiger partial charge in [0.25, 0.3) is 5.91 Å². The number of carbonyl (C=O) groups is 1. The van der Waals surface area contributed by atoms with E-state index < -0.39 is 6.17 Å². The summed E-state index contributed by atoms with van der Waals surface area (Å²) in [6.07, 6.45) is 4.11. The molecule has 14 heteroatoms. The first-order valence-electron chi connectivity index (χ1n) is 18.4. The zero-order valence-electron chi connectivity index (χ0n) is 31.3. The molecule has 0 aliphatic carbocycles. The topological polar surface area (TPSA) is 185 Å². The van der Waals surface area contributed by atoms with Gasteiger partial charge in [-0.15, -0.1) is 0 Å². The van der Waals surface area contributed by atoms with Gasteiger partial charge in [0.05, 0.1) is 59.4 Å². The predicted molar refractivity (Wildman–Crippen MR) is 210 cm³/mol. The van der Waals surface area contributed by atoms with Gasteiger partial charge in [0.2, 0.25) is 5.75 Å². The molecule has 0 saturated carbocycles. The fraction of sp³-hybridized carbons (Fsp3) is 0.333. The summed E-state index contributed by atoms with van der Waals surface area (Å²) in [5, 5.41) is 50.4. The molecule has 13 nitrogen and oxygen atoms in total. The molecule has 296 valence electrons. The lowest BCUT2D eigenvalue weighted by Crippen LogP contribution is -2.38. The third kappa shape index (κ3) is 9.20. The van der Waals surface area contributed by atoms with Crippen molar-refractivity contribution in [3.05, 3.63) is 105 Å². The van der Waals surface area contributed by atoms with Gasteiger partial charge in [-0.2, -0.15) is 0 Å². The third-order valence-corrected chi connectivity index (χ3v) is 9.90. The largest absolute Gasteiger partial charge is 0.493 e. The number of amides is 1. The van der Waals surface area contributed by atoms with Gasteiger partial charge in [-0.05, 0) is 89.7 Å². The van der Waals surface area contributed by atoms with Crippen LogP contribution in [-0.2, 0) is 26.4 Å². The van der Waals surface area contributed by atoms with Crippen molar-refractivity contribution in [1.82, 2.24) is 10.5 Å². The molecule has 1 aliphatic rings. The summed E-state index contributed by atoms with van der Waals surface area (Å²) in [7, 11) is 3.11. The first-order valence-corrected chi connectivity index (χ1v) is 18.7. The Hall–Kier alpha value is -5.31. The molecule has 5 aromatic rings. The van der Waals surface area contributed by atoms with Crippen molar-refractivity contribution < 1.29 is 48.7 Å². The van der Waals surface area contributed by atoms with Crippen LogP contribution >= 0.6 is 11.6 Å². The van der Waals surface area contributed by atoms with Crippen LogP contribution in [0.25, 0.3) is 22.6 Å². The van der Waals surface area contributed by atoms with Gasteiger partial charge in [-0.3, -0.25) is 4.79 Å². The molecule has 6 N–H and O–H groups in total. The smallest absolute Gasteiger partial charge is 0.255 e. The van der Waals surface area contributed by atoms with Crippen molar-refractivity contribution in [3.63, 3.8) is 0 Å². The first-order chi connectivity index (χ1) is 27.3. The molecule has 0 saturated heterocycles. The van der Waals surface area contributed by atoms with Gasteiger partial charge in [0, 0.05) is 33.5 Å². The summed E-state index contributed by atoms with van der Waals surface area (Å²) in [6, 6.07) is 19.4. The number of fused-ring (bicyclic) bond motifs is 1. The van der Waals surface area contributed by atoms with Gasteiger partial charge in [-0.1, -0.05) is 42.1 Å². The maximum atomic E-state index is 12.7. The van der Waals surface area contributed by atoms with Gasteiger partial charge >= 0.3 is 0 Å². The summed E-state index contributed by atoms with van der Waals surface area (Å²) in [5.74, 6) is 2.25. The number of aliphatic hydroxyl groups excluding tert-OH is 4. The zero-order chi connectivity index (χ0) is 39.6. The third-order valence-electron chi connectivity index (χ3n) is 9.67. The number of hydrogen-bond acceptors (Lipinski definition) is 12. The summed E-state index contributed by atoms with van der Waals surface area (Å²) in [4.78, 5) is 12.7. The van der Waals surface area contributed by atoms with Crippen LogP contribution in [0.1, 0.15) is 76.4 Å². The second kappa shape index (κ2) is 19.0. The fourth-order valence-electron chi connectivity index (χ4n) is 6.67. The van der Waals surface area contributed by atoms with Crippen molar-refractivity contribution >= 4 is 23.2 Å². The Balaban J connectivity index is 0.964. The minimum atomic E-state index is -0.455. The average molecular weight is 788 g/mol. The van der Waals surface area contributed by atoms with E-state index in [-0.39, 0.29) is 32.3 Å². The second-order valence-electron chi connectivity index (χ2n) is 13.3. The number of benzene rings is 4. The minimum absolute atomic E-state index is 0.198. The number of rotatable bonds is 19. The lowest BCUT2D eigenvalue weighted by molar-refractivity contribution is 0.0935. The molecule has 1 amide bonds. The summed E-state index contributed by atoms with van der Waals surface area (Å²) in [5.41, 5.74) is 5.88. The minimum Gasteiger partial charge on any atom is -0.493 e. The Bertz CT molecular complexity index is 2090. The molecule has 2 heterocycles. The van der Waals surface area contributed by atoms with Crippen LogP contribution in [0.4, 0.5) is 5.69 Å². The number of nitrogens with one attached hydrogen (secondary N) is 2. The average Bonchev–Trinajstić information content (AvgIpc) is 3.73. The fourth-order valence-corrected chi connectivity index (χ4v) is 6.85. The lowest BCUT2D eigenvalue weighted by Gasteiger charge is -2.28. The Kier molecular flexibility index (Phi) is 13.7. The summed E-state index contributed by atoms with van der Waals surface area (Å²) < 4.78 is 29.1. The highest BCUT2D eigenvalue weighted by Gasteiger charge is 2.26. The molecule has 0 radical (unpaired) electrons. The molecular weight excluding hydrogens is 742 g/mol. The normalized spacial score (nSPS) is 13.5. The number of anilines is 1. The predicted octanol–water partition coefficient (Wildman–Crippen LogP) is 6.91. The van der Waals surface area contributed by atoms with Crippen LogP contribution in [0.3, 0.4) is 0 Å². The van der Waals surface area contributed by atoms with Gasteiger partial charge in [-0.25, -0.2) is 0 Å². The lowest BCUT2D eigenvalue weighted by atomic mass is 9.97. The highest BCUT2D eigenvalue weighted by molar-refractivity contribution is 6.31. The Morgan fingerprint density at radius 3 is 2.00 bits per heavy atom. The maximum absolute atomic E-state index is 12.7. The van der Waals surface area contributed by atoms with Crippen LogP contribution in [-0.4, -0.2) is 58.9 Å². The molecule has 1 atom stereocenters. The van der Waals surface area contributed by atoms with E-state index >= 15 is 0 Å². The summed E-state index contributed by atoms with van der Waals surface area (Å²) in [6.45, 7) is -0.140. The van der Waals surface area contributed by atoms with E-state index in [1.807, 2.05) is 18.2 Å². The van der Waals surface area contributed by atoms with Crippen molar-refractivity contribution in [2.75, 3.05) is 32.8 Å². The number of aromatic nitrogens is 1. The Morgan fingerprint density at radius 2 is 1.36 bits per heavy atom. The highest BCUT2D eigenvalue weighted by atomic mass is 35.5. The molecule has 0 spiro atoms. The van der Waals surface area contributed by atoms with Gasteiger partial charge in [0.1, 0.15) is 17.6 Å². The quantitative estimate of drug-likeness (QED) is 0.0476. The number of nitrogens with zero attached hydrogens (tertiary/aromatic N) is 1. The molecule has 56 heavy (non-hydrogen) atoms. The molecule has 1 unspecified atom stereocenters. The molecule has 1 aliphatic heterocycles. The first kappa shape index (κ1) is 40.4. The molecule has 0 fully saturated rings. The number of aliphatic hydroxyl groups is 4. The molecule has 1 aromatic heterocycles. The Labute approximate surface area is 329 Å². The van der Waals surface area contributed by atoms with Crippen LogP contribution in [0.5, 0.6) is 23.0 Å². The van der Waals surface area contributed by atoms with Crippen LogP contribution in [0.15, 0.2) is 71.3 Å². The van der Waals surface area contributed by atoms with E-state index in [2.05, 4.69) is 15.8 Å². The van der Waals surface area contributed by atoms with E-state index in [1.165, 1.54) is 0 Å². The van der Waals surface area contributed by atoms with E-state index in [0.717, 1.165) is 37.7 Å².